The smallest absolute Gasteiger partial charge is 0.180 e. The number of likely N-dealkylation sites (N-methyl/N-ethyl adjacent to an activating group) is 1. The standard InChI is InChI=1S/C16H22N2O2/c1-17(2)9-6-10-18(3)11-15(19)14-12-20-16-8-5-4-7-13(14)16/h4-5,7-8,12H,6,9-11H2,1-3H3. The maximum absolute atomic E-state index is 12.3. The minimum atomic E-state index is 0.113. The van der Waals surface area contributed by atoms with Crippen LogP contribution in [0.1, 0.15) is 16.8 Å². The molecular weight excluding hydrogens is 252 g/mol. The Morgan fingerprint density at radius 1 is 1.15 bits per heavy atom. The third-order valence-corrected chi connectivity index (χ3v) is 3.34. The van der Waals surface area contributed by atoms with E-state index >= 15 is 0 Å². The van der Waals surface area contributed by atoms with Crippen molar-refractivity contribution >= 4 is 16.8 Å². The molecule has 1 aromatic carbocycles. The fraction of sp³-hybridized carbons (Fsp3) is 0.438. The first-order chi connectivity index (χ1) is 9.58. The predicted molar refractivity (Wildman–Crippen MR) is 81.2 cm³/mol. The van der Waals surface area contributed by atoms with E-state index in [9.17, 15) is 4.79 Å². The average molecular weight is 274 g/mol. The summed E-state index contributed by atoms with van der Waals surface area (Å²) in [6, 6.07) is 7.65. The van der Waals surface area contributed by atoms with E-state index in [1.165, 1.54) is 0 Å². The Balaban J connectivity index is 1.94. The summed E-state index contributed by atoms with van der Waals surface area (Å²) in [4.78, 5) is 16.5. The Morgan fingerprint density at radius 3 is 2.65 bits per heavy atom. The number of benzene rings is 1. The van der Waals surface area contributed by atoms with E-state index in [4.69, 9.17) is 4.42 Å². The first-order valence-electron chi connectivity index (χ1n) is 6.90. The van der Waals surface area contributed by atoms with Gasteiger partial charge in [-0.2, -0.15) is 0 Å². The van der Waals surface area contributed by atoms with Crippen LogP contribution >= 0.6 is 0 Å². The molecule has 0 amide bonds. The van der Waals surface area contributed by atoms with Gasteiger partial charge in [0.2, 0.25) is 0 Å². The van der Waals surface area contributed by atoms with Gasteiger partial charge in [0.15, 0.2) is 5.78 Å². The van der Waals surface area contributed by atoms with Crippen LogP contribution < -0.4 is 0 Å². The number of rotatable bonds is 7. The molecule has 0 spiro atoms. The first-order valence-corrected chi connectivity index (χ1v) is 6.90. The van der Waals surface area contributed by atoms with Crippen LogP contribution in [0.2, 0.25) is 0 Å². The molecule has 0 fully saturated rings. The van der Waals surface area contributed by atoms with Crippen molar-refractivity contribution in [3.63, 3.8) is 0 Å². The van der Waals surface area contributed by atoms with Gasteiger partial charge in [0.25, 0.3) is 0 Å². The highest BCUT2D eigenvalue weighted by molar-refractivity contribution is 6.08. The van der Waals surface area contributed by atoms with Gasteiger partial charge in [-0.1, -0.05) is 18.2 Å². The number of ketones is 1. The molecular formula is C16H22N2O2. The number of carbonyl (C=O) groups excluding carboxylic acids is 1. The number of hydrogen-bond donors (Lipinski definition) is 0. The van der Waals surface area contributed by atoms with Crippen LogP contribution in [-0.2, 0) is 0 Å². The molecule has 0 atom stereocenters. The number of Topliss-reactive ketones (excluding diaryl/α,β-unsaturated/α-hetero) is 1. The third kappa shape index (κ3) is 3.68. The lowest BCUT2D eigenvalue weighted by molar-refractivity contribution is 0.0945. The molecule has 108 valence electrons. The number of carbonyl (C=O) groups is 1. The molecule has 4 heteroatoms. The van der Waals surface area contributed by atoms with Crippen molar-refractivity contribution in [2.24, 2.45) is 0 Å². The van der Waals surface area contributed by atoms with Crippen LogP contribution in [0.4, 0.5) is 0 Å². The molecule has 0 radical (unpaired) electrons. The second-order valence-corrected chi connectivity index (χ2v) is 5.46. The highest BCUT2D eigenvalue weighted by Crippen LogP contribution is 2.21. The zero-order chi connectivity index (χ0) is 14.5. The Kier molecular flexibility index (Phi) is 4.93. The van der Waals surface area contributed by atoms with Gasteiger partial charge in [0, 0.05) is 5.39 Å². The van der Waals surface area contributed by atoms with Gasteiger partial charge in [0.05, 0.1) is 12.1 Å². The lowest BCUT2D eigenvalue weighted by Gasteiger charge is -2.17. The molecule has 0 saturated heterocycles. The van der Waals surface area contributed by atoms with Gasteiger partial charge in [0.1, 0.15) is 11.8 Å². The van der Waals surface area contributed by atoms with E-state index in [2.05, 4.69) is 23.9 Å². The molecule has 1 heterocycles. The number of fused-ring (bicyclic) bond motifs is 1. The molecule has 2 rings (SSSR count). The maximum Gasteiger partial charge on any atom is 0.180 e. The summed E-state index contributed by atoms with van der Waals surface area (Å²) in [6.07, 6.45) is 2.63. The summed E-state index contributed by atoms with van der Waals surface area (Å²) in [7, 11) is 6.10. The molecule has 0 unspecified atom stereocenters. The number of furan rings is 1. The van der Waals surface area contributed by atoms with Crippen molar-refractivity contribution in [2.45, 2.75) is 6.42 Å². The van der Waals surface area contributed by atoms with Gasteiger partial charge < -0.3 is 9.32 Å². The summed E-state index contributed by atoms with van der Waals surface area (Å²) in [5.41, 5.74) is 1.45. The molecule has 0 saturated carbocycles. The summed E-state index contributed by atoms with van der Waals surface area (Å²) in [6.45, 7) is 2.38. The summed E-state index contributed by atoms with van der Waals surface area (Å²) >= 11 is 0. The summed E-state index contributed by atoms with van der Waals surface area (Å²) in [5, 5.41) is 0.902. The molecule has 4 nitrogen and oxygen atoms in total. The van der Waals surface area contributed by atoms with Crippen molar-refractivity contribution in [1.82, 2.24) is 9.80 Å². The van der Waals surface area contributed by atoms with E-state index < -0.39 is 0 Å². The van der Waals surface area contributed by atoms with Gasteiger partial charge in [-0.25, -0.2) is 0 Å². The monoisotopic (exact) mass is 274 g/mol. The largest absolute Gasteiger partial charge is 0.464 e. The quantitative estimate of drug-likeness (QED) is 0.727. The minimum Gasteiger partial charge on any atom is -0.464 e. The van der Waals surface area contributed by atoms with Crippen LogP contribution in [0.3, 0.4) is 0 Å². The molecule has 0 N–H and O–H groups in total. The van der Waals surface area contributed by atoms with E-state index in [0.717, 1.165) is 30.5 Å². The van der Waals surface area contributed by atoms with Gasteiger partial charge in [-0.05, 0) is 46.7 Å². The summed E-state index contributed by atoms with van der Waals surface area (Å²) in [5.74, 6) is 0.113. The van der Waals surface area contributed by atoms with Crippen molar-refractivity contribution in [1.29, 1.82) is 0 Å². The number of hydrogen-bond acceptors (Lipinski definition) is 4. The van der Waals surface area contributed by atoms with E-state index in [1.807, 2.05) is 31.3 Å². The second kappa shape index (κ2) is 6.68. The van der Waals surface area contributed by atoms with E-state index in [0.29, 0.717) is 12.1 Å². The van der Waals surface area contributed by atoms with Crippen LogP contribution in [0.5, 0.6) is 0 Å². The molecule has 0 aliphatic carbocycles. The fourth-order valence-corrected chi connectivity index (χ4v) is 2.26. The lowest BCUT2D eigenvalue weighted by Crippen LogP contribution is -2.28. The Bertz CT molecular complexity index is 575. The molecule has 0 aliphatic rings. The lowest BCUT2D eigenvalue weighted by atomic mass is 10.1. The first kappa shape index (κ1) is 14.8. The van der Waals surface area contributed by atoms with E-state index in [-0.39, 0.29) is 5.78 Å². The number of nitrogens with zero attached hydrogens (tertiary/aromatic N) is 2. The third-order valence-electron chi connectivity index (χ3n) is 3.34. The molecule has 20 heavy (non-hydrogen) atoms. The summed E-state index contributed by atoms with van der Waals surface area (Å²) < 4.78 is 5.42. The predicted octanol–water partition coefficient (Wildman–Crippen LogP) is 2.50. The minimum absolute atomic E-state index is 0.113. The SMILES string of the molecule is CN(C)CCCN(C)CC(=O)c1coc2ccccc12. The Morgan fingerprint density at radius 2 is 1.90 bits per heavy atom. The van der Waals surface area contributed by atoms with Gasteiger partial charge >= 0.3 is 0 Å². The van der Waals surface area contributed by atoms with E-state index in [1.54, 1.807) is 6.26 Å². The normalized spacial score (nSPS) is 11.7. The van der Waals surface area contributed by atoms with Crippen LogP contribution in [0.25, 0.3) is 11.0 Å². The van der Waals surface area contributed by atoms with Gasteiger partial charge in [-0.3, -0.25) is 9.69 Å². The molecule has 1 aromatic heterocycles. The number of para-hydroxylation sites is 1. The van der Waals surface area contributed by atoms with Crippen molar-refractivity contribution in [2.75, 3.05) is 40.8 Å². The van der Waals surface area contributed by atoms with Crippen molar-refractivity contribution in [3.05, 3.63) is 36.1 Å². The average Bonchev–Trinajstić information content (AvgIpc) is 2.82. The topological polar surface area (TPSA) is 36.7 Å². The Hall–Kier alpha value is -1.65. The molecule has 0 bridgehead atoms. The highest BCUT2D eigenvalue weighted by atomic mass is 16.3. The highest BCUT2D eigenvalue weighted by Gasteiger charge is 2.15. The second-order valence-electron chi connectivity index (χ2n) is 5.46. The Labute approximate surface area is 120 Å². The van der Waals surface area contributed by atoms with Crippen molar-refractivity contribution < 1.29 is 9.21 Å². The van der Waals surface area contributed by atoms with Crippen LogP contribution in [0.15, 0.2) is 34.9 Å². The van der Waals surface area contributed by atoms with Crippen molar-refractivity contribution in [3.8, 4) is 0 Å². The maximum atomic E-state index is 12.3. The fourth-order valence-electron chi connectivity index (χ4n) is 2.26. The van der Waals surface area contributed by atoms with Crippen LogP contribution in [0, 0.1) is 0 Å². The molecule has 2 aromatic rings. The van der Waals surface area contributed by atoms with Crippen LogP contribution in [-0.4, -0.2) is 56.4 Å². The zero-order valence-electron chi connectivity index (χ0n) is 12.4. The van der Waals surface area contributed by atoms with Gasteiger partial charge in [-0.15, -0.1) is 0 Å². The zero-order valence-corrected chi connectivity index (χ0v) is 12.4. The molecule has 0 aliphatic heterocycles.